The Kier molecular flexibility index (Phi) is 8.92. The van der Waals surface area contributed by atoms with Gasteiger partial charge in [0.25, 0.3) is 10.0 Å². The summed E-state index contributed by atoms with van der Waals surface area (Å²) in [6.07, 6.45) is 0.779. The third kappa shape index (κ3) is 6.47. The lowest BCUT2D eigenvalue weighted by molar-refractivity contribution is -0.119. The van der Waals surface area contributed by atoms with Crippen LogP contribution >= 0.6 is 11.6 Å². The van der Waals surface area contributed by atoms with E-state index in [9.17, 15) is 13.2 Å². The molecule has 198 valence electrons. The molecule has 0 aliphatic heterocycles. The molecular formula is C30H31ClN2O4S. The van der Waals surface area contributed by atoms with Crippen LogP contribution in [0.1, 0.15) is 19.4 Å². The lowest BCUT2D eigenvalue weighted by atomic mass is 9.96. The molecule has 0 saturated heterocycles. The van der Waals surface area contributed by atoms with E-state index < -0.39 is 22.5 Å². The second-order valence-corrected chi connectivity index (χ2v) is 11.4. The van der Waals surface area contributed by atoms with Crippen LogP contribution in [0.2, 0.25) is 5.02 Å². The summed E-state index contributed by atoms with van der Waals surface area (Å²) in [5.41, 5.74) is 1.51. The number of para-hydroxylation sites is 2. The molecule has 0 bridgehead atoms. The Bertz CT molecular complexity index is 1500. The van der Waals surface area contributed by atoms with E-state index in [0.29, 0.717) is 29.6 Å². The van der Waals surface area contributed by atoms with E-state index in [-0.39, 0.29) is 10.8 Å². The van der Waals surface area contributed by atoms with Gasteiger partial charge >= 0.3 is 0 Å². The van der Waals surface area contributed by atoms with Gasteiger partial charge in [0.2, 0.25) is 5.91 Å². The van der Waals surface area contributed by atoms with Crippen molar-refractivity contribution in [1.29, 1.82) is 0 Å². The van der Waals surface area contributed by atoms with Crippen molar-refractivity contribution in [3.8, 4) is 5.75 Å². The molecule has 1 amide bonds. The highest BCUT2D eigenvalue weighted by Gasteiger charge is 2.29. The molecule has 1 N–H and O–H groups in total. The smallest absolute Gasteiger partial charge is 0.264 e. The maximum absolute atomic E-state index is 13.7. The fraction of sp³-hybridized carbons (Fsp3) is 0.233. The van der Waals surface area contributed by atoms with Gasteiger partial charge in [-0.1, -0.05) is 73.1 Å². The molecule has 0 fully saturated rings. The molecule has 0 spiro atoms. The van der Waals surface area contributed by atoms with Gasteiger partial charge in [0, 0.05) is 11.6 Å². The lowest BCUT2D eigenvalue weighted by Gasteiger charge is -2.26. The van der Waals surface area contributed by atoms with Gasteiger partial charge in [-0.15, -0.1) is 0 Å². The van der Waals surface area contributed by atoms with Crippen LogP contribution in [0, 0.1) is 5.92 Å². The van der Waals surface area contributed by atoms with Crippen LogP contribution in [-0.2, 0) is 21.2 Å². The highest BCUT2D eigenvalue weighted by molar-refractivity contribution is 7.92. The van der Waals surface area contributed by atoms with Gasteiger partial charge in [-0.2, -0.15) is 0 Å². The van der Waals surface area contributed by atoms with Crippen LogP contribution in [0.25, 0.3) is 10.8 Å². The second kappa shape index (κ2) is 12.3. The van der Waals surface area contributed by atoms with Gasteiger partial charge in [0.15, 0.2) is 0 Å². The fourth-order valence-corrected chi connectivity index (χ4v) is 5.92. The van der Waals surface area contributed by atoms with Crippen molar-refractivity contribution in [2.45, 2.75) is 25.2 Å². The number of halogens is 1. The van der Waals surface area contributed by atoms with Crippen LogP contribution < -0.4 is 14.4 Å². The molecule has 0 saturated carbocycles. The predicted molar refractivity (Wildman–Crippen MR) is 153 cm³/mol. The summed E-state index contributed by atoms with van der Waals surface area (Å²) in [5, 5.41) is 5.72. The monoisotopic (exact) mass is 550 g/mol. The zero-order valence-corrected chi connectivity index (χ0v) is 23.0. The summed E-state index contributed by atoms with van der Waals surface area (Å²) in [6, 6.07) is 27.1. The van der Waals surface area contributed by atoms with E-state index in [1.165, 1.54) is 40.6 Å². The first-order valence-corrected chi connectivity index (χ1v) is 14.3. The molecule has 1 atom stereocenters. The number of hydrogen-bond acceptors (Lipinski definition) is 4. The molecule has 4 rings (SSSR count). The van der Waals surface area contributed by atoms with Crippen molar-refractivity contribution in [2.75, 3.05) is 24.0 Å². The van der Waals surface area contributed by atoms with Crippen LogP contribution in [0.4, 0.5) is 5.69 Å². The van der Waals surface area contributed by atoms with E-state index >= 15 is 0 Å². The Labute approximate surface area is 229 Å². The maximum Gasteiger partial charge on any atom is 0.264 e. The average molecular weight is 551 g/mol. The van der Waals surface area contributed by atoms with Crippen LogP contribution in [0.3, 0.4) is 0 Å². The summed E-state index contributed by atoms with van der Waals surface area (Å²) >= 11 is 5.98. The van der Waals surface area contributed by atoms with Gasteiger partial charge in [-0.05, 0) is 72.0 Å². The van der Waals surface area contributed by atoms with Crippen LogP contribution in [0.15, 0.2) is 95.9 Å². The van der Waals surface area contributed by atoms with Crippen molar-refractivity contribution < 1.29 is 17.9 Å². The number of nitrogens with zero attached hydrogens (tertiary/aromatic N) is 1. The fourth-order valence-electron chi connectivity index (χ4n) is 4.37. The topological polar surface area (TPSA) is 75.7 Å². The third-order valence-corrected chi connectivity index (χ3v) is 8.24. The van der Waals surface area contributed by atoms with Gasteiger partial charge in [0.05, 0.1) is 17.2 Å². The summed E-state index contributed by atoms with van der Waals surface area (Å²) in [4.78, 5) is 13.2. The highest BCUT2D eigenvalue weighted by atomic mass is 35.5. The number of ether oxygens (including phenoxy) is 1. The van der Waals surface area contributed by atoms with E-state index in [2.05, 4.69) is 36.5 Å². The number of amides is 1. The maximum atomic E-state index is 13.7. The number of rotatable bonds is 11. The van der Waals surface area contributed by atoms with Crippen LogP contribution in [-0.4, -0.2) is 34.0 Å². The van der Waals surface area contributed by atoms with Gasteiger partial charge in [0.1, 0.15) is 12.3 Å². The second-order valence-electron chi connectivity index (χ2n) is 9.12. The van der Waals surface area contributed by atoms with Gasteiger partial charge < -0.3 is 10.1 Å². The van der Waals surface area contributed by atoms with Crippen molar-refractivity contribution >= 4 is 44.0 Å². The normalized spacial score (nSPS) is 12.2. The molecule has 0 heterocycles. The number of carbonyl (C=O) groups excluding carboxylic acids is 1. The Morgan fingerprint density at radius 3 is 2.39 bits per heavy atom. The number of carbonyl (C=O) groups is 1. The van der Waals surface area contributed by atoms with Crippen molar-refractivity contribution in [3.63, 3.8) is 0 Å². The molecule has 38 heavy (non-hydrogen) atoms. The Morgan fingerprint density at radius 1 is 0.947 bits per heavy atom. The molecule has 8 heteroatoms. The molecule has 0 aliphatic carbocycles. The molecule has 0 aliphatic rings. The first kappa shape index (κ1) is 27.5. The third-order valence-electron chi connectivity index (χ3n) is 6.22. The summed E-state index contributed by atoms with van der Waals surface area (Å²) in [7, 11) is -4.08. The molecule has 6 nitrogen and oxygen atoms in total. The van der Waals surface area contributed by atoms with E-state index in [4.69, 9.17) is 16.3 Å². The average Bonchev–Trinajstić information content (AvgIpc) is 2.91. The quantitative estimate of drug-likeness (QED) is 0.245. The number of benzene rings is 4. The Balaban J connectivity index is 1.52. The number of sulfonamides is 1. The minimum Gasteiger partial charge on any atom is -0.492 e. The largest absolute Gasteiger partial charge is 0.492 e. The zero-order chi connectivity index (χ0) is 27.1. The predicted octanol–water partition coefficient (Wildman–Crippen LogP) is 6.08. The molecular weight excluding hydrogens is 520 g/mol. The van der Waals surface area contributed by atoms with Gasteiger partial charge in [-0.3, -0.25) is 9.10 Å². The Morgan fingerprint density at radius 2 is 1.63 bits per heavy atom. The molecule has 0 radical (unpaired) electrons. The summed E-state index contributed by atoms with van der Waals surface area (Å²) in [6.45, 7) is 4.25. The van der Waals surface area contributed by atoms with E-state index in [1.807, 2.05) is 25.1 Å². The summed E-state index contributed by atoms with van der Waals surface area (Å²) in [5.74, 6) is 0.116. The van der Waals surface area contributed by atoms with Crippen molar-refractivity contribution in [3.05, 3.63) is 102 Å². The standard InChI is InChI=1S/C30H31ClN2O4S/c1-3-37-29-14-7-6-13-28(29)33(38(35,36)26-17-15-25(31)16-18-26)21-30(34)32-20-22(2)19-24-11-8-10-23-9-4-5-12-27(23)24/h4-18,22H,3,19-21H2,1-2H3,(H,32,34). The highest BCUT2D eigenvalue weighted by Crippen LogP contribution is 2.32. The minimum absolute atomic E-state index is 0.0327. The lowest BCUT2D eigenvalue weighted by Crippen LogP contribution is -2.42. The molecule has 4 aromatic carbocycles. The SMILES string of the molecule is CCOc1ccccc1N(CC(=O)NCC(C)Cc1cccc2ccccc12)S(=O)(=O)c1ccc(Cl)cc1. The number of hydrogen-bond donors (Lipinski definition) is 1. The Hall–Kier alpha value is -3.55. The summed E-state index contributed by atoms with van der Waals surface area (Å²) < 4.78 is 34.2. The van der Waals surface area contributed by atoms with Crippen molar-refractivity contribution in [1.82, 2.24) is 5.32 Å². The number of anilines is 1. The number of fused-ring (bicyclic) bond motifs is 1. The van der Waals surface area contributed by atoms with Crippen molar-refractivity contribution in [2.24, 2.45) is 5.92 Å². The zero-order valence-electron chi connectivity index (χ0n) is 21.4. The van der Waals surface area contributed by atoms with Crippen LogP contribution in [0.5, 0.6) is 5.75 Å². The molecule has 4 aromatic rings. The molecule has 1 unspecified atom stereocenters. The van der Waals surface area contributed by atoms with Gasteiger partial charge in [-0.25, -0.2) is 8.42 Å². The van der Waals surface area contributed by atoms with E-state index in [1.54, 1.807) is 24.3 Å². The van der Waals surface area contributed by atoms with E-state index in [0.717, 1.165) is 10.7 Å². The first-order valence-electron chi connectivity index (χ1n) is 12.5. The number of nitrogens with one attached hydrogen (secondary N) is 1. The first-order chi connectivity index (χ1) is 18.3. The molecule has 0 aromatic heterocycles. The minimum atomic E-state index is -4.08.